The number of hydrogen-bond donors (Lipinski definition) is 1. The van der Waals surface area contributed by atoms with Gasteiger partial charge >= 0.3 is 0 Å². The lowest BCUT2D eigenvalue weighted by atomic mass is 9.89. The van der Waals surface area contributed by atoms with Crippen LogP contribution in [-0.4, -0.2) is 37.0 Å². The van der Waals surface area contributed by atoms with Crippen LogP contribution in [0.3, 0.4) is 0 Å². The standard InChI is InChI=1S/C15H30N2O/c1-6-7-8-12-9-13(11-17(5)10-12)16-14(18)15(2,3)4/h12-13H,6-11H2,1-5H3,(H,16,18). The van der Waals surface area contributed by atoms with Crippen LogP contribution in [0.15, 0.2) is 0 Å². The fourth-order valence-corrected chi connectivity index (χ4v) is 2.65. The second-order valence-corrected chi connectivity index (χ2v) is 6.89. The average Bonchev–Trinajstić information content (AvgIpc) is 2.24. The molecule has 3 nitrogen and oxygen atoms in total. The molecule has 0 aromatic carbocycles. The van der Waals surface area contributed by atoms with E-state index in [0.717, 1.165) is 18.9 Å². The van der Waals surface area contributed by atoms with Gasteiger partial charge in [0.15, 0.2) is 0 Å². The van der Waals surface area contributed by atoms with E-state index in [1.165, 1.54) is 25.8 Å². The Morgan fingerprint density at radius 3 is 2.56 bits per heavy atom. The van der Waals surface area contributed by atoms with Gasteiger partial charge in [-0.25, -0.2) is 0 Å². The van der Waals surface area contributed by atoms with Crippen LogP contribution >= 0.6 is 0 Å². The van der Waals surface area contributed by atoms with Crippen molar-refractivity contribution in [3.8, 4) is 0 Å². The molecule has 0 spiro atoms. The highest BCUT2D eigenvalue weighted by Gasteiger charge is 2.29. The number of piperidine rings is 1. The van der Waals surface area contributed by atoms with Crippen molar-refractivity contribution in [2.24, 2.45) is 11.3 Å². The Hall–Kier alpha value is -0.570. The predicted molar refractivity (Wildman–Crippen MR) is 76.5 cm³/mol. The molecule has 106 valence electrons. The van der Waals surface area contributed by atoms with E-state index in [1.807, 2.05) is 20.8 Å². The molecule has 1 fully saturated rings. The smallest absolute Gasteiger partial charge is 0.225 e. The highest BCUT2D eigenvalue weighted by molar-refractivity contribution is 5.81. The average molecular weight is 254 g/mol. The third kappa shape index (κ3) is 4.97. The summed E-state index contributed by atoms with van der Waals surface area (Å²) >= 11 is 0. The molecular weight excluding hydrogens is 224 g/mol. The maximum absolute atomic E-state index is 12.0. The number of likely N-dealkylation sites (tertiary alicyclic amines) is 1. The first-order valence-electron chi connectivity index (χ1n) is 7.32. The molecule has 0 aromatic heterocycles. The molecule has 2 atom stereocenters. The summed E-state index contributed by atoms with van der Waals surface area (Å²) in [7, 11) is 2.16. The van der Waals surface area contributed by atoms with Gasteiger partial charge in [0, 0.05) is 24.5 Å². The molecule has 1 N–H and O–H groups in total. The van der Waals surface area contributed by atoms with E-state index in [-0.39, 0.29) is 11.3 Å². The summed E-state index contributed by atoms with van der Waals surface area (Å²) in [5, 5.41) is 3.22. The van der Waals surface area contributed by atoms with E-state index in [2.05, 4.69) is 24.2 Å². The van der Waals surface area contributed by atoms with Crippen molar-refractivity contribution in [3.63, 3.8) is 0 Å². The Balaban J connectivity index is 2.48. The summed E-state index contributed by atoms with van der Waals surface area (Å²) < 4.78 is 0. The zero-order valence-corrected chi connectivity index (χ0v) is 12.8. The van der Waals surface area contributed by atoms with Crippen molar-refractivity contribution in [3.05, 3.63) is 0 Å². The topological polar surface area (TPSA) is 32.3 Å². The maximum atomic E-state index is 12.0. The van der Waals surface area contributed by atoms with E-state index in [1.54, 1.807) is 0 Å². The van der Waals surface area contributed by atoms with Crippen LogP contribution in [0.2, 0.25) is 0 Å². The zero-order chi connectivity index (χ0) is 13.8. The molecule has 2 unspecified atom stereocenters. The minimum Gasteiger partial charge on any atom is -0.352 e. The third-order valence-electron chi connectivity index (χ3n) is 3.70. The molecule has 1 rings (SSSR count). The summed E-state index contributed by atoms with van der Waals surface area (Å²) in [5.74, 6) is 0.922. The van der Waals surface area contributed by atoms with Gasteiger partial charge in [-0.2, -0.15) is 0 Å². The lowest BCUT2D eigenvalue weighted by Gasteiger charge is -2.37. The number of nitrogens with zero attached hydrogens (tertiary/aromatic N) is 1. The normalized spacial score (nSPS) is 26.1. The molecule has 0 saturated carbocycles. The lowest BCUT2D eigenvalue weighted by molar-refractivity contribution is -0.129. The Labute approximate surface area is 112 Å². The summed E-state index contributed by atoms with van der Waals surface area (Å²) in [6, 6.07) is 0.331. The molecule has 0 bridgehead atoms. The van der Waals surface area contributed by atoms with Gasteiger partial charge in [-0.15, -0.1) is 0 Å². The molecule has 1 aliphatic heterocycles. The van der Waals surface area contributed by atoms with Crippen LogP contribution < -0.4 is 5.32 Å². The number of amides is 1. The van der Waals surface area contributed by atoms with Gasteiger partial charge in [-0.1, -0.05) is 40.5 Å². The Kier molecular flexibility index (Phi) is 5.64. The van der Waals surface area contributed by atoms with Crippen LogP contribution in [0.5, 0.6) is 0 Å². The van der Waals surface area contributed by atoms with Gasteiger partial charge in [0.2, 0.25) is 5.91 Å². The Bertz CT molecular complexity index is 270. The molecule has 1 heterocycles. The molecule has 1 saturated heterocycles. The number of carbonyl (C=O) groups is 1. The Morgan fingerprint density at radius 2 is 2.00 bits per heavy atom. The molecule has 0 radical (unpaired) electrons. The van der Waals surface area contributed by atoms with E-state index in [0.29, 0.717) is 6.04 Å². The fraction of sp³-hybridized carbons (Fsp3) is 0.933. The molecule has 18 heavy (non-hydrogen) atoms. The number of carbonyl (C=O) groups excluding carboxylic acids is 1. The number of nitrogens with one attached hydrogen (secondary N) is 1. The number of likely N-dealkylation sites (N-methyl/N-ethyl adjacent to an activating group) is 1. The number of rotatable bonds is 4. The minimum absolute atomic E-state index is 0.178. The molecule has 1 aliphatic rings. The lowest BCUT2D eigenvalue weighted by Crippen LogP contribution is -2.51. The first-order chi connectivity index (χ1) is 8.32. The first-order valence-corrected chi connectivity index (χ1v) is 7.32. The van der Waals surface area contributed by atoms with E-state index in [9.17, 15) is 4.79 Å². The van der Waals surface area contributed by atoms with Crippen LogP contribution in [-0.2, 0) is 4.79 Å². The Morgan fingerprint density at radius 1 is 1.33 bits per heavy atom. The van der Waals surface area contributed by atoms with E-state index < -0.39 is 0 Å². The van der Waals surface area contributed by atoms with Crippen molar-refractivity contribution in [1.29, 1.82) is 0 Å². The highest BCUT2D eigenvalue weighted by Crippen LogP contribution is 2.22. The van der Waals surface area contributed by atoms with Gasteiger partial charge < -0.3 is 10.2 Å². The highest BCUT2D eigenvalue weighted by atomic mass is 16.2. The maximum Gasteiger partial charge on any atom is 0.225 e. The number of unbranched alkanes of at least 4 members (excludes halogenated alkanes) is 1. The van der Waals surface area contributed by atoms with Gasteiger partial charge in [0.05, 0.1) is 0 Å². The van der Waals surface area contributed by atoms with Crippen molar-refractivity contribution in [2.45, 2.75) is 59.4 Å². The van der Waals surface area contributed by atoms with Crippen LogP contribution in [0, 0.1) is 11.3 Å². The summed E-state index contributed by atoms with van der Waals surface area (Å²) in [4.78, 5) is 14.4. The minimum atomic E-state index is -0.283. The molecule has 0 aliphatic carbocycles. The second kappa shape index (κ2) is 6.55. The summed E-state index contributed by atoms with van der Waals surface area (Å²) in [6.45, 7) is 10.3. The molecule has 3 heteroatoms. The van der Waals surface area contributed by atoms with Crippen LogP contribution in [0.1, 0.15) is 53.4 Å². The SMILES string of the molecule is CCCCC1CC(NC(=O)C(C)(C)C)CN(C)C1. The first kappa shape index (κ1) is 15.5. The largest absolute Gasteiger partial charge is 0.352 e. The summed E-state index contributed by atoms with van der Waals surface area (Å²) in [5.41, 5.74) is -0.283. The van der Waals surface area contributed by atoms with Crippen molar-refractivity contribution in [2.75, 3.05) is 20.1 Å². The van der Waals surface area contributed by atoms with Gasteiger partial charge in [-0.05, 0) is 25.8 Å². The van der Waals surface area contributed by atoms with Gasteiger partial charge in [-0.3, -0.25) is 4.79 Å². The third-order valence-corrected chi connectivity index (χ3v) is 3.70. The van der Waals surface area contributed by atoms with Crippen molar-refractivity contribution < 1.29 is 4.79 Å². The molecule has 0 aromatic rings. The predicted octanol–water partition coefficient (Wildman–Crippen LogP) is 2.66. The quantitative estimate of drug-likeness (QED) is 0.836. The molecule has 1 amide bonds. The van der Waals surface area contributed by atoms with E-state index in [4.69, 9.17) is 0 Å². The van der Waals surface area contributed by atoms with Crippen molar-refractivity contribution >= 4 is 5.91 Å². The van der Waals surface area contributed by atoms with Crippen molar-refractivity contribution in [1.82, 2.24) is 10.2 Å². The van der Waals surface area contributed by atoms with Crippen LogP contribution in [0.4, 0.5) is 0 Å². The monoisotopic (exact) mass is 254 g/mol. The zero-order valence-electron chi connectivity index (χ0n) is 12.8. The van der Waals surface area contributed by atoms with Crippen LogP contribution in [0.25, 0.3) is 0 Å². The van der Waals surface area contributed by atoms with Gasteiger partial charge in [0.1, 0.15) is 0 Å². The van der Waals surface area contributed by atoms with Gasteiger partial charge in [0.25, 0.3) is 0 Å². The summed E-state index contributed by atoms with van der Waals surface area (Å²) in [6.07, 6.45) is 5.01. The number of hydrogen-bond acceptors (Lipinski definition) is 2. The molecular formula is C15H30N2O. The second-order valence-electron chi connectivity index (χ2n) is 6.89. The fourth-order valence-electron chi connectivity index (χ4n) is 2.65. The van der Waals surface area contributed by atoms with E-state index >= 15 is 0 Å².